The van der Waals surface area contributed by atoms with Crippen LogP contribution in [0.3, 0.4) is 0 Å². The van der Waals surface area contributed by atoms with Crippen LogP contribution in [0.25, 0.3) is 51.3 Å². The third kappa shape index (κ3) is 12.9. The van der Waals surface area contributed by atoms with Gasteiger partial charge < -0.3 is 28.9 Å². The largest absolute Gasteiger partial charge is 0.463 e. The third-order valence-corrected chi connectivity index (χ3v) is 12.0. The number of ether oxygens (including phenoxy) is 3. The molecule has 370 valence electrons. The minimum Gasteiger partial charge on any atom is -0.463 e. The minimum absolute atomic E-state index is 0.0740. The van der Waals surface area contributed by atoms with Crippen LogP contribution in [0.2, 0.25) is 0 Å². The van der Waals surface area contributed by atoms with E-state index in [0.29, 0.717) is 34.2 Å². The summed E-state index contributed by atoms with van der Waals surface area (Å²) in [4.78, 5) is 57.3. The monoisotopic (exact) mass is 1000 g/mol. The van der Waals surface area contributed by atoms with Gasteiger partial charge in [0.1, 0.15) is 23.3 Å². The molecule has 7 aromatic rings. The number of carbonyl (C=O) groups is 3. The second-order valence-corrected chi connectivity index (χ2v) is 16.8. The summed E-state index contributed by atoms with van der Waals surface area (Å²) < 4.78 is 15.0. The maximum Gasteiger partial charge on any atom is 0.348 e. The van der Waals surface area contributed by atoms with Crippen LogP contribution in [-0.2, 0) is 28.6 Å². The highest BCUT2D eigenvalue weighted by atomic mass is 35.5. The van der Waals surface area contributed by atoms with Crippen molar-refractivity contribution in [3.8, 4) is 46.3 Å². The van der Waals surface area contributed by atoms with E-state index in [0.717, 1.165) is 50.8 Å². The van der Waals surface area contributed by atoms with Crippen LogP contribution in [0.4, 0.5) is 34.1 Å². The van der Waals surface area contributed by atoms with Gasteiger partial charge in [0.05, 0.1) is 24.9 Å². The van der Waals surface area contributed by atoms with Crippen molar-refractivity contribution in [3.63, 3.8) is 0 Å². The molecule has 0 saturated carbocycles. The number of esters is 3. The summed E-state index contributed by atoms with van der Waals surface area (Å²) in [5, 5.41) is 19.2. The van der Waals surface area contributed by atoms with Gasteiger partial charge in [0, 0.05) is 78.0 Å². The molecule has 1 aromatic heterocycles. The maximum atomic E-state index is 12.2. The summed E-state index contributed by atoms with van der Waals surface area (Å²) in [6, 6.07) is 50.1. The van der Waals surface area contributed by atoms with Crippen molar-refractivity contribution >= 4 is 80.8 Å². The Bertz CT molecular complexity index is 3150. The third-order valence-electron chi connectivity index (χ3n) is 11.6. The Morgan fingerprint density at radius 1 is 0.473 bits per heavy atom. The Hall–Kier alpha value is -9.37. The van der Waals surface area contributed by atoms with Gasteiger partial charge in [0.2, 0.25) is 0 Å². The van der Waals surface area contributed by atoms with Crippen LogP contribution < -0.4 is 14.7 Å². The molecule has 1 heterocycles. The molecular formula is C59H51ClN8O6. The van der Waals surface area contributed by atoms with Gasteiger partial charge in [-0.05, 0) is 159 Å². The summed E-state index contributed by atoms with van der Waals surface area (Å²) in [6.07, 6.45) is 4.28. The molecule has 74 heavy (non-hydrogen) atoms. The van der Waals surface area contributed by atoms with E-state index in [1.54, 1.807) is 20.8 Å². The van der Waals surface area contributed by atoms with Gasteiger partial charge >= 0.3 is 17.9 Å². The average Bonchev–Trinajstić information content (AvgIpc) is 3.43. The molecular weight excluding hydrogens is 952 g/mol. The van der Waals surface area contributed by atoms with Crippen molar-refractivity contribution in [2.24, 2.45) is 0 Å². The molecule has 14 nitrogen and oxygen atoms in total. The van der Waals surface area contributed by atoms with E-state index in [-0.39, 0.29) is 36.0 Å². The number of hydrogen-bond donors (Lipinski definition) is 0. The first kappa shape index (κ1) is 52.5. The molecule has 0 fully saturated rings. The number of nitriles is 2. The second kappa shape index (κ2) is 24.6. The first-order valence-corrected chi connectivity index (χ1v) is 23.9. The molecule has 0 atom stereocenters. The van der Waals surface area contributed by atoms with Gasteiger partial charge in [-0.1, -0.05) is 48.0 Å². The minimum atomic E-state index is -0.660. The molecule has 15 heteroatoms. The van der Waals surface area contributed by atoms with E-state index in [9.17, 15) is 24.9 Å². The molecule has 0 saturated heterocycles. The average molecular weight is 1000 g/mol. The Balaban J connectivity index is 1.17. The SMILES string of the molecule is CCOC(=O)/C=C(\Cl)c1ccc(N(C)c2ccc(-c3nc(-c4ccc(N(C)c5ccc(/C=C(\C#N)C(=O)OCC)cc5)cc4)nc(-c4ccc(N(C)c5ccc(/C=C(\C#N)C(=O)OCC)cc5)cc4)n3)cc2)cc1. The standard InChI is InChI=1S/C59H51ClN8O6/c1-7-72-54(69)36-53(60)41-14-26-49(27-15-41)68(6)52-32-20-44(21-33-52)57-64-55(42-16-28-50(29-17-42)66(4)47-22-10-39(11-23-47)34-45(37-61)58(70)73-8-2)63-56(65-57)43-18-30-51(31-19-43)67(5)48-24-12-40(13-25-48)35-46(38-62)59(71)74-9-3/h10-36H,7-9H2,1-6H3/b45-34+,46-35+,53-36-. The fraction of sp³-hybridized carbons (Fsp3) is 0.153. The molecule has 0 aliphatic carbocycles. The Morgan fingerprint density at radius 3 is 1.04 bits per heavy atom. The molecule has 0 spiro atoms. The summed E-state index contributed by atoms with van der Waals surface area (Å²) in [7, 11) is 5.85. The van der Waals surface area contributed by atoms with Gasteiger partial charge in [-0.2, -0.15) is 10.5 Å². The lowest BCUT2D eigenvalue weighted by atomic mass is 10.1. The zero-order chi connectivity index (χ0) is 52.7. The first-order chi connectivity index (χ1) is 35.8. The van der Waals surface area contributed by atoms with Crippen LogP contribution in [0.1, 0.15) is 37.5 Å². The topological polar surface area (TPSA) is 175 Å². The number of carbonyl (C=O) groups excluding carboxylic acids is 3. The molecule has 0 amide bonds. The maximum absolute atomic E-state index is 12.2. The van der Waals surface area contributed by atoms with Gasteiger partial charge in [-0.15, -0.1) is 0 Å². The Labute approximate surface area is 435 Å². The Morgan fingerprint density at radius 2 is 0.757 bits per heavy atom. The predicted octanol–water partition coefficient (Wildman–Crippen LogP) is 12.3. The van der Waals surface area contributed by atoms with E-state index < -0.39 is 17.9 Å². The second-order valence-electron chi connectivity index (χ2n) is 16.4. The van der Waals surface area contributed by atoms with E-state index >= 15 is 0 Å². The fourth-order valence-electron chi connectivity index (χ4n) is 7.54. The van der Waals surface area contributed by atoms with Crippen LogP contribution in [0, 0.1) is 22.7 Å². The predicted molar refractivity (Wildman–Crippen MR) is 291 cm³/mol. The zero-order valence-electron chi connectivity index (χ0n) is 41.6. The molecule has 7 rings (SSSR count). The smallest absolute Gasteiger partial charge is 0.348 e. The van der Waals surface area contributed by atoms with Gasteiger partial charge in [-0.3, -0.25) is 0 Å². The molecule has 0 bridgehead atoms. The quantitative estimate of drug-likeness (QED) is 0.0343. The van der Waals surface area contributed by atoms with Crippen LogP contribution >= 0.6 is 11.6 Å². The lowest BCUT2D eigenvalue weighted by Gasteiger charge is -2.20. The van der Waals surface area contributed by atoms with Gasteiger partial charge in [-0.25, -0.2) is 29.3 Å². The first-order valence-electron chi connectivity index (χ1n) is 23.5. The molecule has 0 N–H and O–H groups in total. The summed E-state index contributed by atoms with van der Waals surface area (Å²) in [5.41, 5.74) is 9.61. The number of nitrogens with zero attached hydrogens (tertiary/aromatic N) is 8. The van der Waals surface area contributed by atoms with E-state index in [4.69, 9.17) is 40.8 Å². The summed E-state index contributed by atoms with van der Waals surface area (Å²) in [5.74, 6) is -0.401. The Kier molecular flexibility index (Phi) is 17.5. The highest BCUT2D eigenvalue weighted by Gasteiger charge is 2.17. The zero-order valence-corrected chi connectivity index (χ0v) is 42.4. The van der Waals surface area contributed by atoms with Crippen molar-refractivity contribution in [2.75, 3.05) is 55.7 Å². The number of rotatable bonds is 18. The van der Waals surface area contributed by atoms with E-state index in [2.05, 4.69) is 0 Å². The van der Waals surface area contributed by atoms with Crippen molar-refractivity contribution in [1.82, 2.24) is 15.0 Å². The number of anilines is 6. The van der Waals surface area contributed by atoms with E-state index in [1.165, 1.54) is 18.2 Å². The molecule has 0 aliphatic heterocycles. The molecule has 0 radical (unpaired) electrons. The van der Waals surface area contributed by atoms with Crippen molar-refractivity contribution in [3.05, 3.63) is 180 Å². The molecule has 0 unspecified atom stereocenters. The molecule has 0 aliphatic rings. The van der Waals surface area contributed by atoms with Crippen molar-refractivity contribution < 1.29 is 28.6 Å². The van der Waals surface area contributed by atoms with Gasteiger partial charge in [0.15, 0.2) is 17.5 Å². The lowest BCUT2D eigenvalue weighted by molar-refractivity contribution is -0.138. The normalized spacial score (nSPS) is 11.4. The fourth-order valence-corrected chi connectivity index (χ4v) is 7.76. The van der Waals surface area contributed by atoms with Crippen molar-refractivity contribution in [2.45, 2.75) is 20.8 Å². The number of halogens is 1. The number of benzene rings is 6. The number of hydrogen-bond acceptors (Lipinski definition) is 14. The summed E-state index contributed by atoms with van der Waals surface area (Å²) in [6.45, 7) is 5.74. The van der Waals surface area contributed by atoms with E-state index in [1.807, 2.05) is 194 Å². The van der Waals surface area contributed by atoms with Crippen LogP contribution in [-0.4, -0.2) is 73.8 Å². The number of aromatic nitrogens is 3. The van der Waals surface area contributed by atoms with Crippen LogP contribution in [0.5, 0.6) is 0 Å². The van der Waals surface area contributed by atoms with Crippen LogP contribution in [0.15, 0.2) is 163 Å². The summed E-state index contributed by atoms with van der Waals surface area (Å²) >= 11 is 6.40. The van der Waals surface area contributed by atoms with Crippen molar-refractivity contribution in [1.29, 1.82) is 10.5 Å². The lowest BCUT2D eigenvalue weighted by Crippen LogP contribution is -2.09. The highest BCUT2D eigenvalue weighted by molar-refractivity contribution is 6.50. The van der Waals surface area contributed by atoms with Gasteiger partial charge in [0.25, 0.3) is 0 Å². The highest BCUT2D eigenvalue weighted by Crippen LogP contribution is 2.33. The molecule has 6 aromatic carbocycles.